The summed E-state index contributed by atoms with van der Waals surface area (Å²) in [6.45, 7) is 0.738. The summed E-state index contributed by atoms with van der Waals surface area (Å²) >= 11 is 0. The number of rotatable bonds is 8. The summed E-state index contributed by atoms with van der Waals surface area (Å²) in [5.41, 5.74) is 0.996. The van der Waals surface area contributed by atoms with E-state index in [2.05, 4.69) is 10.6 Å². The highest BCUT2D eigenvalue weighted by Gasteiger charge is 2.08. The Balaban J connectivity index is 1.55. The third-order valence-electron chi connectivity index (χ3n) is 4.09. The quantitative estimate of drug-likeness (QED) is 0.590. The molecule has 0 aromatic heterocycles. The van der Waals surface area contributed by atoms with Crippen LogP contribution in [0.4, 0.5) is 5.69 Å². The molecule has 0 fully saturated rings. The summed E-state index contributed by atoms with van der Waals surface area (Å²) in [7, 11) is 1.57. The molecule has 6 heteroatoms. The van der Waals surface area contributed by atoms with Crippen LogP contribution < -0.4 is 15.4 Å². The van der Waals surface area contributed by atoms with E-state index in [0.717, 1.165) is 10.8 Å². The normalized spacial score (nSPS) is 10.5. The second kappa shape index (κ2) is 9.53. The number of hydrogen-bond acceptors (Lipinski definition) is 4. The molecule has 3 aromatic rings. The van der Waals surface area contributed by atoms with Gasteiger partial charge in [0.25, 0.3) is 11.8 Å². The molecule has 0 saturated heterocycles. The fourth-order valence-electron chi connectivity index (χ4n) is 2.71. The zero-order chi connectivity index (χ0) is 19.8. The van der Waals surface area contributed by atoms with E-state index in [4.69, 9.17) is 9.47 Å². The van der Waals surface area contributed by atoms with Crippen molar-refractivity contribution in [1.29, 1.82) is 0 Å². The van der Waals surface area contributed by atoms with Gasteiger partial charge in [-0.2, -0.15) is 0 Å². The van der Waals surface area contributed by atoms with Crippen LogP contribution in [0, 0.1) is 0 Å². The molecule has 3 aromatic carbocycles. The second-order valence-electron chi connectivity index (χ2n) is 6.18. The van der Waals surface area contributed by atoms with Crippen LogP contribution in [0.2, 0.25) is 0 Å². The van der Waals surface area contributed by atoms with E-state index in [1.807, 2.05) is 42.5 Å². The van der Waals surface area contributed by atoms with E-state index in [-0.39, 0.29) is 18.4 Å². The van der Waals surface area contributed by atoms with Crippen molar-refractivity contribution >= 4 is 28.3 Å². The van der Waals surface area contributed by atoms with Gasteiger partial charge in [0, 0.05) is 24.9 Å². The molecule has 0 bridgehead atoms. The number of nitrogens with one attached hydrogen (secondary N) is 2. The van der Waals surface area contributed by atoms with Crippen LogP contribution in [-0.4, -0.2) is 38.7 Å². The van der Waals surface area contributed by atoms with Gasteiger partial charge < -0.3 is 20.1 Å². The molecule has 28 heavy (non-hydrogen) atoms. The monoisotopic (exact) mass is 378 g/mol. The van der Waals surface area contributed by atoms with Crippen LogP contribution in [0.1, 0.15) is 10.4 Å². The minimum atomic E-state index is -0.301. The van der Waals surface area contributed by atoms with Crippen molar-refractivity contribution in [2.45, 2.75) is 0 Å². The van der Waals surface area contributed by atoms with Gasteiger partial charge in [-0.3, -0.25) is 9.59 Å². The van der Waals surface area contributed by atoms with Crippen LogP contribution >= 0.6 is 0 Å². The van der Waals surface area contributed by atoms with Gasteiger partial charge in [-0.15, -0.1) is 0 Å². The third kappa shape index (κ3) is 5.31. The Morgan fingerprint density at radius 2 is 1.75 bits per heavy atom. The molecular formula is C22H22N2O4. The predicted molar refractivity (Wildman–Crippen MR) is 109 cm³/mol. The molecule has 0 atom stereocenters. The maximum Gasteiger partial charge on any atom is 0.262 e. The molecule has 0 aliphatic carbocycles. The number of anilines is 1. The summed E-state index contributed by atoms with van der Waals surface area (Å²) in [5.74, 6) is 0.103. The SMILES string of the molecule is COCCNC(=O)c1cccc(NC(=O)COc2ccc3ccccc3c2)c1. The van der Waals surface area contributed by atoms with Crippen LogP contribution in [0.3, 0.4) is 0 Å². The van der Waals surface area contributed by atoms with E-state index in [9.17, 15) is 9.59 Å². The van der Waals surface area contributed by atoms with E-state index >= 15 is 0 Å². The van der Waals surface area contributed by atoms with E-state index in [0.29, 0.717) is 30.2 Å². The molecule has 0 aliphatic heterocycles. The summed E-state index contributed by atoms with van der Waals surface area (Å²) in [6, 6.07) is 20.4. The lowest BCUT2D eigenvalue weighted by Gasteiger charge is -2.10. The van der Waals surface area contributed by atoms with E-state index in [1.165, 1.54) is 0 Å². The Morgan fingerprint density at radius 1 is 0.929 bits per heavy atom. The molecular weight excluding hydrogens is 356 g/mol. The predicted octanol–water partition coefficient (Wildman–Crippen LogP) is 3.23. The van der Waals surface area contributed by atoms with Crippen molar-refractivity contribution in [3.05, 3.63) is 72.3 Å². The lowest BCUT2D eigenvalue weighted by Crippen LogP contribution is -2.27. The number of ether oxygens (including phenoxy) is 2. The highest BCUT2D eigenvalue weighted by atomic mass is 16.5. The summed E-state index contributed by atoms with van der Waals surface area (Å²) in [4.78, 5) is 24.3. The van der Waals surface area contributed by atoms with Crippen LogP contribution in [0.25, 0.3) is 10.8 Å². The molecule has 3 rings (SSSR count). The number of fused-ring (bicyclic) bond motifs is 1. The number of methoxy groups -OCH3 is 1. The van der Waals surface area contributed by atoms with Crippen LogP contribution in [0.15, 0.2) is 66.7 Å². The van der Waals surface area contributed by atoms with Gasteiger partial charge in [0.05, 0.1) is 6.61 Å². The van der Waals surface area contributed by atoms with E-state index in [1.54, 1.807) is 31.4 Å². The van der Waals surface area contributed by atoms with Crippen LogP contribution in [-0.2, 0) is 9.53 Å². The molecule has 2 N–H and O–H groups in total. The first-order valence-electron chi connectivity index (χ1n) is 8.94. The molecule has 2 amide bonds. The fraction of sp³-hybridized carbons (Fsp3) is 0.182. The molecule has 0 heterocycles. The van der Waals surface area contributed by atoms with Crippen molar-refractivity contribution in [3.63, 3.8) is 0 Å². The highest BCUT2D eigenvalue weighted by molar-refractivity contribution is 5.97. The lowest BCUT2D eigenvalue weighted by molar-refractivity contribution is -0.118. The van der Waals surface area contributed by atoms with Crippen molar-refractivity contribution < 1.29 is 19.1 Å². The van der Waals surface area contributed by atoms with Gasteiger partial charge in [-0.1, -0.05) is 36.4 Å². The first-order chi connectivity index (χ1) is 13.7. The summed E-state index contributed by atoms with van der Waals surface area (Å²) in [5, 5.41) is 7.64. The van der Waals surface area contributed by atoms with Gasteiger partial charge in [0.15, 0.2) is 6.61 Å². The largest absolute Gasteiger partial charge is 0.484 e. The van der Waals surface area contributed by atoms with Crippen molar-refractivity contribution in [3.8, 4) is 5.75 Å². The smallest absolute Gasteiger partial charge is 0.262 e. The minimum Gasteiger partial charge on any atom is -0.484 e. The first-order valence-corrected chi connectivity index (χ1v) is 8.94. The Morgan fingerprint density at radius 3 is 2.57 bits per heavy atom. The Labute approximate surface area is 163 Å². The highest BCUT2D eigenvalue weighted by Crippen LogP contribution is 2.20. The fourth-order valence-corrected chi connectivity index (χ4v) is 2.71. The first kappa shape index (κ1) is 19.4. The molecule has 0 spiro atoms. The zero-order valence-corrected chi connectivity index (χ0v) is 15.6. The molecule has 0 saturated carbocycles. The Bertz CT molecular complexity index is 971. The lowest BCUT2D eigenvalue weighted by atomic mass is 10.1. The number of hydrogen-bond donors (Lipinski definition) is 2. The van der Waals surface area contributed by atoms with Crippen LogP contribution in [0.5, 0.6) is 5.75 Å². The minimum absolute atomic E-state index is 0.122. The molecule has 6 nitrogen and oxygen atoms in total. The standard InChI is InChI=1S/C22H22N2O4/c1-27-12-11-23-22(26)18-7-4-8-19(13-18)24-21(25)15-28-20-10-9-16-5-2-3-6-17(16)14-20/h2-10,13-14H,11-12,15H2,1H3,(H,23,26)(H,24,25). The molecule has 0 aliphatic rings. The van der Waals surface area contributed by atoms with Gasteiger partial charge >= 0.3 is 0 Å². The van der Waals surface area contributed by atoms with Gasteiger partial charge in [0.2, 0.25) is 0 Å². The maximum atomic E-state index is 12.2. The number of benzene rings is 3. The Hall–Kier alpha value is -3.38. The van der Waals surface area contributed by atoms with Gasteiger partial charge in [0.1, 0.15) is 5.75 Å². The number of carbonyl (C=O) groups excluding carboxylic acids is 2. The number of carbonyl (C=O) groups is 2. The number of amides is 2. The summed E-state index contributed by atoms with van der Waals surface area (Å²) in [6.07, 6.45) is 0. The van der Waals surface area contributed by atoms with Crippen molar-refractivity contribution in [1.82, 2.24) is 5.32 Å². The maximum absolute atomic E-state index is 12.2. The van der Waals surface area contributed by atoms with Gasteiger partial charge in [-0.25, -0.2) is 0 Å². The van der Waals surface area contributed by atoms with E-state index < -0.39 is 0 Å². The Kier molecular flexibility index (Phi) is 6.59. The molecule has 0 unspecified atom stereocenters. The molecule has 0 radical (unpaired) electrons. The summed E-state index contributed by atoms with van der Waals surface area (Å²) < 4.78 is 10.5. The topological polar surface area (TPSA) is 76.7 Å². The van der Waals surface area contributed by atoms with Crippen molar-refractivity contribution in [2.75, 3.05) is 32.2 Å². The van der Waals surface area contributed by atoms with Crippen molar-refractivity contribution in [2.24, 2.45) is 0 Å². The average molecular weight is 378 g/mol. The average Bonchev–Trinajstić information content (AvgIpc) is 2.72. The third-order valence-corrected chi connectivity index (χ3v) is 4.09. The second-order valence-corrected chi connectivity index (χ2v) is 6.18. The molecule has 144 valence electrons. The van der Waals surface area contributed by atoms with Gasteiger partial charge in [-0.05, 0) is 41.1 Å². The zero-order valence-electron chi connectivity index (χ0n) is 15.6.